The van der Waals surface area contributed by atoms with E-state index in [4.69, 9.17) is 4.74 Å². The fourth-order valence-electron chi connectivity index (χ4n) is 3.15. The topological polar surface area (TPSA) is 29.5 Å². The molecule has 0 radical (unpaired) electrons. The number of Topliss-reactive ketones (excluding diaryl/α,β-unsaturated/α-hetero) is 1. The summed E-state index contributed by atoms with van der Waals surface area (Å²) in [7, 11) is 1.77. The first kappa shape index (κ1) is 16.2. The maximum absolute atomic E-state index is 12.3. The summed E-state index contributed by atoms with van der Waals surface area (Å²) in [5.41, 5.74) is 3.19. The number of ketones is 1. The maximum Gasteiger partial charge on any atom is 0.164 e. The van der Waals surface area contributed by atoms with Crippen LogP contribution in [0.3, 0.4) is 0 Å². The van der Waals surface area contributed by atoms with Gasteiger partial charge >= 0.3 is 0 Å². The number of carbonyl (C=O) groups is 1. The summed E-state index contributed by atoms with van der Waals surface area (Å²) >= 11 is 0. The summed E-state index contributed by atoms with van der Waals surface area (Å²) < 4.78 is 5.22. The molecule has 2 rings (SSSR count). The molecule has 0 bridgehead atoms. The Kier molecular flexibility index (Phi) is 5.95. The molecule has 0 atom stereocenters. The van der Waals surface area contributed by atoms with E-state index in [1.54, 1.807) is 7.11 Å². The van der Waals surface area contributed by atoms with Gasteiger partial charge in [-0.05, 0) is 57.8 Å². The van der Waals surface area contributed by atoms with E-state index in [1.165, 1.54) is 24.0 Å². The van der Waals surface area contributed by atoms with Crippen LogP contribution in [-0.4, -0.2) is 44.0 Å². The van der Waals surface area contributed by atoms with Gasteiger partial charge in [-0.2, -0.15) is 0 Å². The van der Waals surface area contributed by atoms with Crippen LogP contribution < -0.4 is 0 Å². The highest BCUT2D eigenvalue weighted by Gasteiger charge is 2.19. The predicted molar refractivity (Wildman–Crippen MR) is 85.9 cm³/mol. The summed E-state index contributed by atoms with van der Waals surface area (Å²) in [4.78, 5) is 14.7. The van der Waals surface area contributed by atoms with Crippen LogP contribution in [0, 0.1) is 19.8 Å². The average molecular weight is 289 g/mol. The zero-order valence-electron chi connectivity index (χ0n) is 13.5. The van der Waals surface area contributed by atoms with Crippen molar-refractivity contribution in [1.82, 2.24) is 4.90 Å². The molecule has 1 aromatic carbocycles. The van der Waals surface area contributed by atoms with Gasteiger partial charge in [0.15, 0.2) is 5.78 Å². The van der Waals surface area contributed by atoms with E-state index in [9.17, 15) is 4.79 Å². The Morgan fingerprint density at radius 3 is 2.38 bits per heavy atom. The molecule has 0 aliphatic carbocycles. The Bertz CT molecular complexity index is 456. The fraction of sp³-hybridized carbons (Fsp3) is 0.611. The number of methoxy groups -OCH3 is 1. The number of hydrogen-bond acceptors (Lipinski definition) is 3. The number of nitrogens with zero attached hydrogens (tertiary/aromatic N) is 1. The highest BCUT2D eigenvalue weighted by atomic mass is 16.5. The molecule has 1 aliphatic heterocycles. The second-order valence-corrected chi connectivity index (χ2v) is 6.29. The van der Waals surface area contributed by atoms with Gasteiger partial charge in [-0.15, -0.1) is 0 Å². The van der Waals surface area contributed by atoms with Crippen molar-refractivity contribution in [3.8, 4) is 0 Å². The Balaban J connectivity index is 1.79. The first-order valence-electron chi connectivity index (χ1n) is 7.91. The molecule has 116 valence electrons. The molecule has 0 spiro atoms. The zero-order chi connectivity index (χ0) is 15.2. The molecule has 0 saturated carbocycles. The van der Waals surface area contributed by atoms with E-state index in [2.05, 4.69) is 11.0 Å². The number of likely N-dealkylation sites (tertiary alicyclic amines) is 1. The van der Waals surface area contributed by atoms with Crippen LogP contribution in [0.25, 0.3) is 0 Å². The molecule has 1 saturated heterocycles. The van der Waals surface area contributed by atoms with Crippen LogP contribution in [-0.2, 0) is 4.74 Å². The molecular weight excluding hydrogens is 262 g/mol. The highest BCUT2D eigenvalue weighted by Crippen LogP contribution is 2.18. The van der Waals surface area contributed by atoms with Gasteiger partial charge in [0, 0.05) is 32.2 Å². The number of ether oxygens (including phenoxy) is 1. The van der Waals surface area contributed by atoms with Gasteiger partial charge in [0.05, 0.1) is 0 Å². The van der Waals surface area contributed by atoms with Crippen LogP contribution in [0.4, 0.5) is 0 Å². The Morgan fingerprint density at radius 1 is 1.19 bits per heavy atom. The molecule has 1 fully saturated rings. The third-order valence-electron chi connectivity index (χ3n) is 4.31. The van der Waals surface area contributed by atoms with E-state index in [0.29, 0.717) is 12.3 Å². The van der Waals surface area contributed by atoms with Crippen molar-refractivity contribution < 1.29 is 9.53 Å². The van der Waals surface area contributed by atoms with Crippen molar-refractivity contribution in [3.63, 3.8) is 0 Å². The minimum absolute atomic E-state index is 0.265. The van der Waals surface area contributed by atoms with Crippen molar-refractivity contribution in [1.29, 1.82) is 0 Å². The molecule has 1 aliphatic rings. The normalized spacial score (nSPS) is 17.1. The lowest BCUT2D eigenvalue weighted by Gasteiger charge is -2.31. The summed E-state index contributed by atoms with van der Waals surface area (Å²) in [6.45, 7) is 8.03. The van der Waals surface area contributed by atoms with E-state index in [0.717, 1.165) is 31.8 Å². The van der Waals surface area contributed by atoms with Gasteiger partial charge in [-0.1, -0.05) is 17.2 Å². The van der Waals surface area contributed by atoms with E-state index in [1.807, 2.05) is 26.0 Å². The molecule has 3 heteroatoms. The molecule has 0 N–H and O–H groups in total. The second-order valence-electron chi connectivity index (χ2n) is 6.29. The molecular formula is C18H27NO2. The van der Waals surface area contributed by atoms with Crippen LogP contribution in [0.1, 0.15) is 40.7 Å². The lowest BCUT2D eigenvalue weighted by atomic mass is 9.97. The summed E-state index contributed by atoms with van der Waals surface area (Å²) in [6, 6.07) is 6.11. The minimum Gasteiger partial charge on any atom is -0.384 e. The quantitative estimate of drug-likeness (QED) is 0.753. The summed E-state index contributed by atoms with van der Waals surface area (Å²) in [5, 5.41) is 0. The first-order valence-corrected chi connectivity index (χ1v) is 7.91. The van der Waals surface area contributed by atoms with Crippen molar-refractivity contribution in [3.05, 3.63) is 34.9 Å². The number of benzene rings is 1. The summed E-state index contributed by atoms with van der Waals surface area (Å²) in [5.74, 6) is 0.960. The molecule has 0 unspecified atom stereocenters. The molecule has 1 heterocycles. The lowest BCUT2D eigenvalue weighted by molar-refractivity contribution is 0.0883. The standard InChI is InChI=1S/C18H27NO2/c1-14-10-15(2)12-17(11-14)18(20)6-9-19-7-4-16(5-8-19)13-21-3/h10-12,16H,4-9,13H2,1-3H3. The monoisotopic (exact) mass is 289 g/mol. The Morgan fingerprint density at radius 2 is 1.81 bits per heavy atom. The van der Waals surface area contributed by atoms with Crippen molar-refractivity contribution >= 4 is 5.78 Å². The van der Waals surface area contributed by atoms with Crippen LogP contribution in [0.5, 0.6) is 0 Å². The smallest absolute Gasteiger partial charge is 0.164 e. The van der Waals surface area contributed by atoms with Gasteiger partial charge in [-0.25, -0.2) is 0 Å². The minimum atomic E-state index is 0.265. The number of aryl methyl sites for hydroxylation is 2. The lowest BCUT2D eigenvalue weighted by Crippen LogP contribution is -2.36. The molecule has 1 aromatic rings. The third kappa shape index (κ3) is 4.94. The van der Waals surface area contributed by atoms with E-state index >= 15 is 0 Å². The molecule has 0 aromatic heterocycles. The Hall–Kier alpha value is -1.19. The number of hydrogen-bond donors (Lipinski definition) is 0. The van der Waals surface area contributed by atoms with Crippen LogP contribution in [0.15, 0.2) is 18.2 Å². The average Bonchev–Trinajstić information content (AvgIpc) is 2.45. The number of piperidine rings is 1. The van der Waals surface area contributed by atoms with Gasteiger partial charge in [0.1, 0.15) is 0 Å². The van der Waals surface area contributed by atoms with Gasteiger partial charge in [0.25, 0.3) is 0 Å². The maximum atomic E-state index is 12.3. The molecule has 0 amide bonds. The van der Waals surface area contributed by atoms with E-state index < -0.39 is 0 Å². The van der Waals surface area contributed by atoms with Gasteiger partial charge in [-0.3, -0.25) is 4.79 Å². The summed E-state index contributed by atoms with van der Waals surface area (Å²) in [6.07, 6.45) is 3.00. The zero-order valence-corrected chi connectivity index (χ0v) is 13.5. The van der Waals surface area contributed by atoms with Crippen LogP contribution in [0.2, 0.25) is 0 Å². The van der Waals surface area contributed by atoms with Gasteiger partial charge < -0.3 is 9.64 Å². The SMILES string of the molecule is COCC1CCN(CCC(=O)c2cc(C)cc(C)c2)CC1. The third-order valence-corrected chi connectivity index (χ3v) is 4.31. The van der Waals surface area contributed by atoms with Crippen LogP contribution >= 0.6 is 0 Å². The van der Waals surface area contributed by atoms with Crippen molar-refractivity contribution in [2.75, 3.05) is 33.4 Å². The predicted octanol–water partition coefficient (Wildman–Crippen LogP) is 3.23. The largest absolute Gasteiger partial charge is 0.384 e. The van der Waals surface area contributed by atoms with Gasteiger partial charge in [0.2, 0.25) is 0 Å². The van der Waals surface area contributed by atoms with E-state index in [-0.39, 0.29) is 5.78 Å². The number of carbonyl (C=O) groups excluding carboxylic acids is 1. The Labute approximate surface area is 128 Å². The second kappa shape index (κ2) is 7.71. The molecule has 3 nitrogen and oxygen atoms in total. The first-order chi connectivity index (χ1) is 10.1. The van der Waals surface area contributed by atoms with Crippen molar-refractivity contribution in [2.45, 2.75) is 33.1 Å². The molecule has 21 heavy (non-hydrogen) atoms. The van der Waals surface area contributed by atoms with Crippen molar-refractivity contribution in [2.24, 2.45) is 5.92 Å². The fourth-order valence-corrected chi connectivity index (χ4v) is 3.15. The number of rotatable bonds is 6. The highest BCUT2D eigenvalue weighted by molar-refractivity contribution is 5.96.